The van der Waals surface area contributed by atoms with Crippen LogP contribution in [0.3, 0.4) is 0 Å². The Labute approximate surface area is 178 Å². The Balaban J connectivity index is 2.02. The number of fused-ring (bicyclic) bond motifs is 1. The zero-order valence-electron chi connectivity index (χ0n) is 16.9. The summed E-state index contributed by atoms with van der Waals surface area (Å²) in [6, 6.07) is 15.5. The van der Waals surface area contributed by atoms with Crippen LogP contribution in [-0.2, 0) is 0 Å². The predicted octanol–water partition coefficient (Wildman–Crippen LogP) is 5.16. The third-order valence-electron chi connectivity index (χ3n) is 5.37. The number of anilines is 2. The molecule has 0 amide bonds. The molecule has 2 heterocycles. The standard InChI is InChI=1S/C24H20N4OS/c1-12-9-14(3)16(10-13(12)2)21(29)22-20(26)19-18(15-7-5-4-6-8-15)17(11-25)23(27)28-24(19)30-22/h4-10H,26H2,1-3H3,(H2,27,28). The van der Waals surface area contributed by atoms with Gasteiger partial charge in [-0.25, -0.2) is 4.98 Å². The summed E-state index contributed by atoms with van der Waals surface area (Å²) in [6.07, 6.45) is 0. The lowest BCUT2D eigenvalue weighted by atomic mass is 9.95. The number of hydrogen-bond donors (Lipinski definition) is 2. The third kappa shape index (κ3) is 3.00. The minimum atomic E-state index is -0.146. The number of carbonyl (C=O) groups excluding carboxylic acids is 1. The van der Waals surface area contributed by atoms with Crippen LogP contribution in [0.5, 0.6) is 0 Å². The predicted molar refractivity (Wildman–Crippen MR) is 123 cm³/mol. The minimum absolute atomic E-state index is 0.131. The topological polar surface area (TPSA) is 106 Å². The first-order valence-electron chi connectivity index (χ1n) is 9.43. The smallest absolute Gasteiger partial charge is 0.205 e. The molecular formula is C24H20N4OS. The minimum Gasteiger partial charge on any atom is -0.397 e. The number of thiophene rings is 1. The molecule has 0 bridgehead atoms. The molecule has 148 valence electrons. The van der Waals surface area contributed by atoms with E-state index >= 15 is 0 Å². The van der Waals surface area contributed by atoms with Crippen LogP contribution < -0.4 is 11.5 Å². The first-order valence-corrected chi connectivity index (χ1v) is 10.2. The third-order valence-corrected chi connectivity index (χ3v) is 6.47. The van der Waals surface area contributed by atoms with Crippen molar-refractivity contribution in [2.24, 2.45) is 0 Å². The normalized spacial score (nSPS) is 10.9. The number of aryl methyl sites for hydroxylation is 3. The van der Waals surface area contributed by atoms with E-state index in [9.17, 15) is 10.1 Å². The quantitative estimate of drug-likeness (QED) is 0.452. The van der Waals surface area contributed by atoms with Gasteiger partial charge in [-0.1, -0.05) is 36.4 Å². The summed E-state index contributed by atoms with van der Waals surface area (Å²) in [7, 11) is 0. The van der Waals surface area contributed by atoms with Gasteiger partial charge in [0.15, 0.2) is 0 Å². The van der Waals surface area contributed by atoms with E-state index in [0.29, 0.717) is 31.9 Å². The van der Waals surface area contributed by atoms with Crippen molar-refractivity contribution >= 4 is 38.8 Å². The molecule has 0 aliphatic carbocycles. The van der Waals surface area contributed by atoms with Crippen LogP contribution in [0.2, 0.25) is 0 Å². The zero-order chi connectivity index (χ0) is 21.6. The molecule has 0 atom stereocenters. The number of rotatable bonds is 3. The number of nitrogens with zero attached hydrogens (tertiary/aromatic N) is 2. The van der Waals surface area contributed by atoms with Crippen LogP contribution in [-0.4, -0.2) is 10.8 Å². The fourth-order valence-electron chi connectivity index (χ4n) is 3.67. The summed E-state index contributed by atoms with van der Waals surface area (Å²) >= 11 is 1.21. The van der Waals surface area contributed by atoms with Crippen molar-refractivity contribution in [2.45, 2.75) is 20.8 Å². The van der Waals surface area contributed by atoms with Crippen LogP contribution in [0.15, 0.2) is 42.5 Å². The van der Waals surface area contributed by atoms with Gasteiger partial charge in [-0.3, -0.25) is 4.79 Å². The van der Waals surface area contributed by atoms with Crippen molar-refractivity contribution in [3.63, 3.8) is 0 Å². The molecule has 0 unspecified atom stereocenters. The van der Waals surface area contributed by atoms with Crippen molar-refractivity contribution in [3.05, 3.63) is 75.2 Å². The molecule has 5 nitrogen and oxygen atoms in total. The number of nitriles is 1. The van der Waals surface area contributed by atoms with Crippen LogP contribution in [0.25, 0.3) is 21.3 Å². The molecule has 6 heteroatoms. The highest BCUT2D eigenvalue weighted by molar-refractivity contribution is 7.21. The molecule has 4 N–H and O–H groups in total. The second kappa shape index (κ2) is 7.29. The Kier molecular flexibility index (Phi) is 4.76. The van der Waals surface area contributed by atoms with Gasteiger partial charge in [0.2, 0.25) is 5.78 Å². The van der Waals surface area contributed by atoms with Crippen LogP contribution in [0, 0.1) is 32.1 Å². The molecule has 0 aliphatic heterocycles. The Hall–Kier alpha value is -3.69. The fraction of sp³-hybridized carbons (Fsp3) is 0.125. The highest BCUT2D eigenvalue weighted by Gasteiger charge is 2.25. The Morgan fingerprint density at radius 3 is 2.37 bits per heavy atom. The average molecular weight is 413 g/mol. The SMILES string of the molecule is Cc1cc(C)c(C(=O)c2sc3nc(N)c(C#N)c(-c4ccccc4)c3c2N)cc1C. The van der Waals surface area contributed by atoms with Gasteiger partial charge >= 0.3 is 0 Å². The second-order valence-electron chi connectivity index (χ2n) is 7.33. The summed E-state index contributed by atoms with van der Waals surface area (Å²) in [5.74, 6) is -0.0151. The van der Waals surface area contributed by atoms with E-state index in [1.807, 2.05) is 63.2 Å². The second-order valence-corrected chi connectivity index (χ2v) is 8.33. The van der Waals surface area contributed by atoms with Crippen molar-refractivity contribution in [1.82, 2.24) is 4.98 Å². The largest absolute Gasteiger partial charge is 0.397 e. The van der Waals surface area contributed by atoms with Gasteiger partial charge in [0.1, 0.15) is 27.2 Å². The molecule has 0 saturated carbocycles. The number of aromatic nitrogens is 1. The number of carbonyl (C=O) groups is 1. The maximum absolute atomic E-state index is 13.4. The first-order chi connectivity index (χ1) is 14.3. The van der Waals surface area contributed by atoms with Gasteiger partial charge in [0.25, 0.3) is 0 Å². The van der Waals surface area contributed by atoms with E-state index in [-0.39, 0.29) is 17.2 Å². The molecule has 2 aromatic carbocycles. The van der Waals surface area contributed by atoms with E-state index in [2.05, 4.69) is 11.1 Å². The molecule has 0 aliphatic rings. The van der Waals surface area contributed by atoms with Crippen molar-refractivity contribution in [2.75, 3.05) is 11.5 Å². The summed E-state index contributed by atoms with van der Waals surface area (Å²) in [5.41, 5.74) is 18.3. The summed E-state index contributed by atoms with van der Waals surface area (Å²) < 4.78 is 0. The number of nitrogen functional groups attached to an aromatic ring is 2. The average Bonchev–Trinajstić information content (AvgIpc) is 3.05. The summed E-state index contributed by atoms with van der Waals surface area (Å²) in [4.78, 5) is 18.8. The van der Waals surface area contributed by atoms with Crippen LogP contribution in [0.1, 0.15) is 37.5 Å². The number of pyridine rings is 1. The zero-order valence-corrected chi connectivity index (χ0v) is 17.7. The van der Waals surface area contributed by atoms with E-state index in [1.165, 1.54) is 11.3 Å². The maximum Gasteiger partial charge on any atom is 0.205 e. The number of nitrogens with two attached hydrogens (primary N) is 2. The maximum atomic E-state index is 13.4. The monoisotopic (exact) mass is 412 g/mol. The van der Waals surface area contributed by atoms with E-state index < -0.39 is 0 Å². The Morgan fingerprint density at radius 1 is 1.03 bits per heavy atom. The molecular weight excluding hydrogens is 392 g/mol. The first kappa shape index (κ1) is 19.6. The van der Waals surface area contributed by atoms with E-state index in [1.54, 1.807) is 0 Å². The fourth-order valence-corrected chi connectivity index (χ4v) is 4.74. The van der Waals surface area contributed by atoms with Gasteiger partial charge in [0, 0.05) is 16.5 Å². The van der Waals surface area contributed by atoms with Crippen molar-refractivity contribution in [1.29, 1.82) is 5.26 Å². The molecule has 30 heavy (non-hydrogen) atoms. The lowest BCUT2D eigenvalue weighted by Gasteiger charge is -2.10. The van der Waals surface area contributed by atoms with E-state index in [4.69, 9.17) is 11.5 Å². The highest BCUT2D eigenvalue weighted by atomic mass is 32.1. The van der Waals surface area contributed by atoms with Crippen LogP contribution >= 0.6 is 11.3 Å². The van der Waals surface area contributed by atoms with Gasteiger partial charge < -0.3 is 11.5 Å². The van der Waals surface area contributed by atoms with Crippen LogP contribution in [0.4, 0.5) is 11.5 Å². The van der Waals surface area contributed by atoms with E-state index in [0.717, 1.165) is 22.3 Å². The molecule has 0 saturated heterocycles. The van der Waals surface area contributed by atoms with Gasteiger partial charge in [0.05, 0.1) is 5.69 Å². The lowest BCUT2D eigenvalue weighted by molar-refractivity contribution is 0.104. The molecule has 0 radical (unpaired) electrons. The molecule has 4 aromatic rings. The summed E-state index contributed by atoms with van der Waals surface area (Å²) in [6.45, 7) is 5.92. The van der Waals surface area contributed by atoms with Gasteiger partial charge in [-0.2, -0.15) is 5.26 Å². The van der Waals surface area contributed by atoms with Crippen molar-refractivity contribution in [3.8, 4) is 17.2 Å². The molecule has 0 spiro atoms. The lowest BCUT2D eigenvalue weighted by Crippen LogP contribution is -2.06. The van der Waals surface area contributed by atoms with Crippen molar-refractivity contribution < 1.29 is 4.79 Å². The van der Waals surface area contributed by atoms with Gasteiger partial charge in [-0.05, 0) is 49.1 Å². The number of hydrogen-bond acceptors (Lipinski definition) is 6. The van der Waals surface area contributed by atoms with Gasteiger partial charge in [-0.15, -0.1) is 11.3 Å². The molecule has 4 rings (SSSR count). The molecule has 2 aromatic heterocycles. The summed E-state index contributed by atoms with van der Waals surface area (Å²) in [5, 5.41) is 10.3. The highest BCUT2D eigenvalue weighted by Crippen LogP contribution is 2.43. The Morgan fingerprint density at radius 2 is 1.70 bits per heavy atom. The number of ketones is 1. The molecule has 0 fully saturated rings. The Bertz CT molecular complexity index is 1360. The number of benzene rings is 2.